The minimum atomic E-state index is -0.372. The van der Waals surface area contributed by atoms with Crippen molar-refractivity contribution in [2.45, 2.75) is 6.54 Å². The van der Waals surface area contributed by atoms with E-state index in [9.17, 15) is 9.18 Å². The maximum Gasteiger partial charge on any atom is 0.263 e. The second-order valence-corrected chi connectivity index (χ2v) is 5.87. The van der Waals surface area contributed by atoms with Gasteiger partial charge >= 0.3 is 0 Å². The number of methoxy groups -OCH3 is 2. The molecule has 7 heteroatoms. The van der Waals surface area contributed by atoms with Crippen LogP contribution in [0.4, 0.5) is 15.9 Å². The minimum Gasteiger partial charge on any atom is -0.496 e. The molecule has 1 heterocycles. The zero-order valence-electron chi connectivity index (χ0n) is 15.5. The lowest BCUT2D eigenvalue weighted by Crippen LogP contribution is -2.15. The van der Waals surface area contributed by atoms with Gasteiger partial charge in [-0.1, -0.05) is 24.3 Å². The van der Waals surface area contributed by atoms with Crippen LogP contribution in [0.2, 0.25) is 0 Å². The highest BCUT2D eigenvalue weighted by Gasteiger charge is 2.18. The summed E-state index contributed by atoms with van der Waals surface area (Å²) in [6.07, 6.45) is 1.52. The van der Waals surface area contributed by atoms with Crippen LogP contribution in [0.25, 0.3) is 0 Å². The zero-order valence-corrected chi connectivity index (χ0v) is 15.5. The monoisotopic (exact) mass is 381 g/mol. The number of carbonyl (C=O) groups excluding carboxylic acids is 1. The fraction of sp³-hybridized carbons (Fsp3) is 0.143. The van der Waals surface area contributed by atoms with E-state index in [1.165, 1.54) is 26.5 Å². The van der Waals surface area contributed by atoms with E-state index in [0.29, 0.717) is 40.7 Å². The lowest BCUT2D eigenvalue weighted by atomic mass is 10.1. The first-order valence-corrected chi connectivity index (χ1v) is 8.58. The molecule has 3 rings (SSSR count). The summed E-state index contributed by atoms with van der Waals surface area (Å²) in [5.74, 6) is 0.741. The number of nitrogens with one attached hydrogen (secondary N) is 2. The van der Waals surface area contributed by atoms with Crippen molar-refractivity contribution in [1.29, 1.82) is 0 Å². The van der Waals surface area contributed by atoms with Crippen LogP contribution < -0.4 is 20.1 Å². The summed E-state index contributed by atoms with van der Waals surface area (Å²) >= 11 is 0. The molecule has 0 aliphatic heterocycles. The molecule has 0 aliphatic rings. The van der Waals surface area contributed by atoms with Crippen molar-refractivity contribution in [3.63, 3.8) is 0 Å². The summed E-state index contributed by atoms with van der Waals surface area (Å²) in [6, 6.07) is 15.1. The molecule has 0 atom stereocenters. The molecule has 0 radical (unpaired) electrons. The van der Waals surface area contributed by atoms with Crippen LogP contribution in [-0.4, -0.2) is 25.1 Å². The van der Waals surface area contributed by atoms with Gasteiger partial charge in [0.1, 0.15) is 28.7 Å². The number of nitrogens with zero attached hydrogens (tertiary/aromatic N) is 1. The van der Waals surface area contributed by atoms with E-state index in [0.717, 1.165) is 0 Å². The van der Waals surface area contributed by atoms with E-state index < -0.39 is 0 Å². The van der Waals surface area contributed by atoms with Crippen LogP contribution >= 0.6 is 0 Å². The van der Waals surface area contributed by atoms with Crippen LogP contribution in [0.15, 0.2) is 60.8 Å². The van der Waals surface area contributed by atoms with Gasteiger partial charge < -0.3 is 20.1 Å². The maximum absolute atomic E-state index is 13.7. The predicted molar refractivity (Wildman–Crippen MR) is 105 cm³/mol. The Labute approximate surface area is 162 Å². The van der Waals surface area contributed by atoms with Crippen molar-refractivity contribution in [3.05, 3.63) is 77.7 Å². The molecule has 0 fully saturated rings. The number of carbonyl (C=O) groups is 1. The van der Waals surface area contributed by atoms with Crippen LogP contribution in [0, 0.1) is 5.82 Å². The Kier molecular flexibility index (Phi) is 6.06. The number of aromatic nitrogens is 1. The lowest BCUT2D eigenvalue weighted by Gasteiger charge is -2.13. The second-order valence-electron chi connectivity index (χ2n) is 5.87. The Morgan fingerprint density at radius 1 is 1.00 bits per heavy atom. The van der Waals surface area contributed by atoms with Gasteiger partial charge in [0.2, 0.25) is 0 Å². The Balaban J connectivity index is 1.68. The van der Waals surface area contributed by atoms with Gasteiger partial charge in [-0.05, 0) is 30.3 Å². The normalized spacial score (nSPS) is 10.2. The summed E-state index contributed by atoms with van der Waals surface area (Å²) in [5.41, 5.74) is 1.36. The van der Waals surface area contributed by atoms with E-state index in [4.69, 9.17) is 9.47 Å². The van der Waals surface area contributed by atoms with Gasteiger partial charge in [0, 0.05) is 12.1 Å². The maximum atomic E-state index is 13.7. The largest absolute Gasteiger partial charge is 0.496 e. The van der Waals surface area contributed by atoms with E-state index in [-0.39, 0.29) is 11.7 Å². The highest BCUT2D eigenvalue weighted by Crippen LogP contribution is 2.29. The van der Waals surface area contributed by atoms with E-state index in [2.05, 4.69) is 15.6 Å². The minimum absolute atomic E-state index is 0.273. The molecule has 28 heavy (non-hydrogen) atoms. The molecule has 0 aliphatic carbocycles. The van der Waals surface area contributed by atoms with Crippen molar-refractivity contribution in [1.82, 2.24) is 4.98 Å². The molecule has 1 amide bonds. The second kappa shape index (κ2) is 8.85. The molecule has 1 aromatic heterocycles. The van der Waals surface area contributed by atoms with Gasteiger partial charge in [0.05, 0.1) is 26.1 Å². The topological polar surface area (TPSA) is 72.5 Å². The number of halogens is 1. The third-order valence-corrected chi connectivity index (χ3v) is 4.09. The highest BCUT2D eigenvalue weighted by atomic mass is 19.1. The van der Waals surface area contributed by atoms with Gasteiger partial charge in [-0.3, -0.25) is 4.79 Å². The number of amides is 1. The highest BCUT2D eigenvalue weighted by molar-refractivity contribution is 6.08. The standard InChI is InChI=1S/C21H20FN3O3/c1-27-17-8-5-9-18(28-2)20(17)21(26)25-15-10-11-19(24-13-15)23-12-14-6-3-4-7-16(14)22/h3-11,13H,12H2,1-2H3,(H,23,24)(H,25,26). The fourth-order valence-corrected chi connectivity index (χ4v) is 2.67. The fourth-order valence-electron chi connectivity index (χ4n) is 2.67. The van der Waals surface area contributed by atoms with Gasteiger partial charge in [0.25, 0.3) is 5.91 Å². The van der Waals surface area contributed by atoms with Crippen molar-refractivity contribution < 1.29 is 18.7 Å². The van der Waals surface area contributed by atoms with Gasteiger partial charge in [-0.15, -0.1) is 0 Å². The molecule has 0 spiro atoms. The smallest absolute Gasteiger partial charge is 0.263 e. The Morgan fingerprint density at radius 2 is 1.71 bits per heavy atom. The molecule has 3 aromatic rings. The van der Waals surface area contributed by atoms with Crippen LogP contribution in [-0.2, 0) is 6.54 Å². The van der Waals surface area contributed by atoms with Gasteiger partial charge in [0.15, 0.2) is 0 Å². The van der Waals surface area contributed by atoms with Crippen LogP contribution in [0.1, 0.15) is 15.9 Å². The SMILES string of the molecule is COc1cccc(OC)c1C(=O)Nc1ccc(NCc2ccccc2F)nc1. The van der Waals surface area contributed by atoms with Gasteiger partial charge in [-0.2, -0.15) is 0 Å². The lowest BCUT2D eigenvalue weighted by molar-refractivity contribution is 0.102. The van der Waals surface area contributed by atoms with E-state index in [1.54, 1.807) is 48.5 Å². The molecular formula is C21H20FN3O3. The number of pyridine rings is 1. The summed E-state index contributed by atoms with van der Waals surface area (Å²) < 4.78 is 24.2. The summed E-state index contributed by atoms with van der Waals surface area (Å²) in [4.78, 5) is 16.9. The number of rotatable bonds is 7. The predicted octanol–water partition coefficient (Wildman–Crippen LogP) is 4.10. The Hall–Kier alpha value is -3.61. The summed E-state index contributed by atoms with van der Waals surface area (Å²) in [5, 5.41) is 5.82. The van der Waals surface area contributed by atoms with Crippen LogP contribution in [0.3, 0.4) is 0 Å². The third-order valence-electron chi connectivity index (χ3n) is 4.09. The quantitative estimate of drug-likeness (QED) is 0.645. The summed E-state index contributed by atoms with van der Waals surface area (Å²) in [6.45, 7) is 0.309. The zero-order chi connectivity index (χ0) is 19.9. The summed E-state index contributed by atoms with van der Waals surface area (Å²) in [7, 11) is 2.98. The molecular weight excluding hydrogens is 361 g/mol. The van der Waals surface area contributed by atoms with Gasteiger partial charge in [-0.25, -0.2) is 9.37 Å². The van der Waals surface area contributed by atoms with E-state index >= 15 is 0 Å². The first-order valence-electron chi connectivity index (χ1n) is 8.58. The molecule has 144 valence electrons. The Morgan fingerprint density at radius 3 is 2.32 bits per heavy atom. The molecule has 0 saturated heterocycles. The average Bonchev–Trinajstić information content (AvgIpc) is 2.73. The van der Waals surface area contributed by atoms with Crippen molar-refractivity contribution in [2.75, 3.05) is 24.9 Å². The van der Waals surface area contributed by atoms with Crippen molar-refractivity contribution >= 4 is 17.4 Å². The first kappa shape index (κ1) is 19.2. The first-order chi connectivity index (χ1) is 13.6. The van der Waals surface area contributed by atoms with E-state index in [1.807, 2.05) is 0 Å². The molecule has 2 aromatic carbocycles. The molecule has 0 unspecified atom stereocenters. The van der Waals surface area contributed by atoms with Crippen molar-refractivity contribution in [3.8, 4) is 11.5 Å². The van der Waals surface area contributed by atoms with Crippen LogP contribution in [0.5, 0.6) is 11.5 Å². The number of ether oxygens (including phenoxy) is 2. The van der Waals surface area contributed by atoms with Crippen molar-refractivity contribution in [2.24, 2.45) is 0 Å². The number of hydrogen-bond acceptors (Lipinski definition) is 5. The average molecular weight is 381 g/mol. The molecule has 6 nitrogen and oxygen atoms in total. The molecule has 2 N–H and O–H groups in total. The number of anilines is 2. The molecule has 0 bridgehead atoms. The number of benzene rings is 2. The Bertz CT molecular complexity index is 939. The third kappa shape index (κ3) is 4.37. The number of hydrogen-bond donors (Lipinski definition) is 2. The molecule has 0 saturated carbocycles.